The van der Waals surface area contributed by atoms with Gasteiger partial charge in [0.05, 0.1) is 26.1 Å². The van der Waals surface area contributed by atoms with Crippen LogP contribution in [0.3, 0.4) is 0 Å². The van der Waals surface area contributed by atoms with Crippen LogP contribution >= 0.6 is 0 Å². The first-order valence-corrected chi connectivity index (χ1v) is 5.33. The van der Waals surface area contributed by atoms with Crippen molar-refractivity contribution >= 4 is 0 Å². The lowest BCUT2D eigenvalue weighted by molar-refractivity contribution is 0.127. The SMILES string of the molecule is CC.COC1=CC(OC)CCC(OC)=C1. The van der Waals surface area contributed by atoms with Crippen molar-refractivity contribution in [2.75, 3.05) is 21.3 Å². The van der Waals surface area contributed by atoms with Gasteiger partial charge in [-0.05, 0) is 12.5 Å². The number of rotatable bonds is 3. The van der Waals surface area contributed by atoms with Crippen LogP contribution in [0, 0.1) is 0 Å². The number of methoxy groups -OCH3 is 3. The lowest BCUT2D eigenvalue weighted by atomic mass is 10.2. The summed E-state index contributed by atoms with van der Waals surface area (Å²) in [5, 5.41) is 0. The summed E-state index contributed by atoms with van der Waals surface area (Å²) in [6, 6.07) is 0. The third kappa shape index (κ3) is 4.88. The maximum Gasteiger partial charge on any atom is 0.120 e. The molecule has 1 atom stereocenters. The second kappa shape index (κ2) is 8.36. The Bertz CT molecular complexity index is 219. The first-order chi connectivity index (χ1) is 7.30. The van der Waals surface area contributed by atoms with Gasteiger partial charge >= 0.3 is 0 Å². The van der Waals surface area contributed by atoms with E-state index in [0.29, 0.717) is 0 Å². The van der Waals surface area contributed by atoms with Gasteiger partial charge in [0, 0.05) is 19.6 Å². The second-order valence-electron chi connectivity index (χ2n) is 2.90. The Labute approximate surface area is 92.7 Å². The fourth-order valence-corrected chi connectivity index (χ4v) is 1.30. The molecule has 0 bridgehead atoms. The van der Waals surface area contributed by atoms with Crippen molar-refractivity contribution in [3.63, 3.8) is 0 Å². The van der Waals surface area contributed by atoms with E-state index in [4.69, 9.17) is 14.2 Å². The Morgan fingerprint density at radius 3 is 2.27 bits per heavy atom. The number of hydrogen-bond donors (Lipinski definition) is 0. The van der Waals surface area contributed by atoms with E-state index < -0.39 is 0 Å². The average molecular weight is 214 g/mol. The maximum atomic E-state index is 5.25. The summed E-state index contributed by atoms with van der Waals surface area (Å²) in [6.45, 7) is 4.00. The van der Waals surface area contributed by atoms with E-state index in [0.717, 1.165) is 24.4 Å². The quantitative estimate of drug-likeness (QED) is 0.723. The zero-order valence-electron chi connectivity index (χ0n) is 10.4. The largest absolute Gasteiger partial charge is 0.501 e. The first kappa shape index (κ1) is 14.0. The van der Waals surface area contributed by atoms with E-state index in [-0.39, 0.29) is 6.10 Å². The Balaban J connectivity index is 0.000000921. The van der Waals surface area contributed by atoms with Crippen LogP contribution in [-0.2, 0) is 14.2 Å². The molecule has 0 radical (unpaired) electrons. The second-order valence-corrected chi connectivity index (χ2v) is 2.90. The Kier molecular flexibility index (Phi) is 7.82. The minimum absolute atomic E-state index is 0.124. The molecule has 0 saturated heterocycles. The van der Waals surface area contributed by atoms with Gasteiger partial charge in [0.1, 0.15) is 5.76 Å². The highest BCUT2D eigenvalue weighted by atomic mass is 16.5. The minimum atomic E-state index is 0.124. The van der Waals surface area contributed by atoms with Gasteiger partial charge in [-0.15, -0.1) is 0 Å². The average Bonchev–Trinajstić information content (AvgIpc) is 2.53. The van der Waals surface area contributed by atoms with Crippen LogP contribution in [0.4, 0.5) is 0 Å². The molecule has 3 heteroatoms. The minimum Gasteiger partial charge on any atom is -0.501 e. The normalized spacial score (nSPS) is 20.2. The highest BCUT2D eigenvalue weighted by Gasteiger charge is 2.12. The van der Waals surface area contributed by atoms with Crippen molar-refractivity contribution in [3.8, 4) is 0 Å². The van der Waals surface area contributed by atoms with Crippen LogP contribution in [0.5, 0.6) is 0 Å². The summed E-state index contributed by atoms with van der Waals surface area (Å²) in [7, 11) is 5.02. The molecule has 0 amide bonds. The molecule has 1 rings (SSSR count). The van der Waals surface area contributed by atoms with E-state index in [2.05, 4.69) is 0 Å². The smallest absolute Gasteiger partial charge is 0.120 e. The van der Waals surface area contributed by atoms with Gasteiger partial charge in [0.2, 0.25) is 0 Å². The van der Waals surface area contributed by atoms with E-state index in [1.807, 2.05) is 26.0 Å². The van der Waals surface area contributed by atoms with E-state index >= 15 is 0 Å². The third-order valence-electron chi connectivity index (χ3n) is 2.13. The molecule has 0 aromatic rings. The Morgan fingerprint density at radius 2 is 1.80 bits per heavy atom. The molecule has 3 nitrogen and oxygen atoms in total. The summed E-state index contributed by atoms with van der Waals surface area (Å²) >= 11 is 0. The van der Waals surface area contributed by atoms with E-state index in [1.54, 1.807) is 21.3 Å². The Hall–Kier alpha value is -0.960. The topological polar surface area (TPSA) is 27.7 Å². The lowest BCUT2D eigenvalue weighted by Crippen LogP contribution is -2.06. The van der Waals surface area contributed by atoms with E-state index in [1.165, 1.54) is 0 Å². The molecule has 0 heterocycles. The fraction of sp³-hybridized carbons (Fsp3) is 0.667. The molecule has 88 valence electrons. The van der Waals surface area contributed by atoms with Gasteiger partial charge in [-0.25, -0.2) is 0 Å². The number of hydrogen-bond acceptors (Lipinski definition) is 3. The highest BCUT2D eigenvalue weighted by Crippen LogP contribution is 2.19. The third-order valence-corrected chi connectivity index (χ3v) is 2.13. The van der Waals surface area contributed by atoms with Gasteiger partial charge in [-0.2, -0.15) is 0 Å². The molecule has 0 aromatic heterocycles. The molecule has 0 aromatic carbocycles. The summed E-state index contributed by atoms with van der Waals surface area (Å²) in [5.41, 5.74) is 0. The molecule has 0 N–H and O–H groups in total. The van der Waals surface area contributed by atoms with Crippen molar-refractivity contribution in [2.24, 2.45) is 0 Å². The number of allylic oxidation sites excluding steroid dienone is 2. The van der Waals surface area contributed by atoms with Gasteiger partial charge in [0.15, 0.2) is 0 Å². The highest BCUT2D eigenvalue weighted by molar-refractivity contribution is 5.19. The van der Waals surface area contributed by atoms with Crippen LogP contribution in [-0.4, -0.2) is 27.4 Å². The zero-order chi connectivity index (χ0) is 11.7. The molecule has 1 aliphatic carbocycles. The molecule has 0 fully saturated rings. The van der Waals surface area contributed by atoms with Crippen molar-refractivity contribution in [1.29, 1.82) is 0 Å². The Morgan fingerprint density at radius 1 is 1.13 bits per heavy atom. The molecular formula is C12H22O3. The molecule has 15 heavy (non-hydrogen) atoms. The van der Waals surface area contributed by atoms with Crippen molar-refractivity contribution in [3.05, 3.63) is 23.7 Å². The zero-order valence-corrected chi connectivity index (χ0v) is 10.4. The van der Waals surface area contributed by atoms with Gasteiger partial charge in [-0.3, -0.25) is 0 Å². The lowest BCUT2D eigenvalue weighted by Gasteiger charge is -2.08. The van der Waals surface area contributed by atoms with Crippen LogP contribution in [0.25, 0.3) is 0 Å². The van der Waals surface area contributed by atoms with Crippen LogP contribution < -0.4 is 0 Å². The summed E-state index contributed by atoms with van der Waals surface area (Å²) in [6.07, 6.45) is 5.81. The van der Waals surface area contributed by atoms with Gasteiger partial charge < -0.3 is 14.2 Å². The standard InChI is InChI=1S/C10H16O3.C2H6/c1-11-8-4-5-9(12-2)7-10(6-8)13-3;1-2/h6-8H,4-5H2,1-3H3;1-2H3. The maximum absolute atomic E-state index is 5.25. The van der Waals surface area contributed by atoms with Crippen LogP contribution in [0.2, 0.25) is 0 Å². The van der Waals surface area contributed by atoms with Crippen molar-refractivity contribution < 1.29 is 14.2 Å². The predicted octanol–water partition coefficient (Wildman–Crippen LogP) is 2.88. The molecule has 1 aliphatic rings. The fourth-order valence-electron chi connectivity index (χ4n) is 1.30. The molecule has 0 saturated carbocycles. The van der Waals surface area contributed by atoms with Crippen molar-refractivity contribution in [1.82, 2.24) is 0 Å². The van der Waals surface area contributed by atoms with Gasteiger partial charge in [-0.1, -0.05) is 13.8 Å². The van der Waals surface area contributed by atoms with E-state index in [9.17, 15) is 0 Å². The molecule has 0 aliphatic heterocycles. The monoisotopic (exact) mass is 214 g/mol. The summed E-state index contributed by atoms with van der Waals surface area (Å²) in [5.74, 6) is 1.74. The molecule has 0 spiro atoms. The summed E-state index contributed by atoms with van der Waals surface area (Å²) < 4.78 is 15.6. The van der Waals surface area contributed by atoms with Gasteiger partial charge in [0.25, 0.3) is 0 Å². The van der Waals surface area contributed by atoms with Crippen molar-refractivity contribution in [2.45, 2.75) is 32.8 Å². The summed E-state index contributed by atoms with van der Waals surface area (Å²) in [4.78, 5) is 0. The molecular weight excluding hydrogens is 192 g/mol. The first-order valence-electron chi connectivity index (χ1n) is 5.33. The van der Waals surface area contributed by atoms with Crippen LogP contribution in [0.1, 0.15) is 26.7 Å². The predicted molar refractivity (Wildman–Crippen MR) is 61.6 cm³/mol. The van der Waals surface area contributed by atoms with Crippen LogP contribution in [0.15, 0.2) is 23.7 Å². The number of ether oxygens (including phenoxy) is 3. The molecule has 1 unspecified atom stereocenters.